The number of ether oxygens (including phenoxy) is 1. The van der Waals surface area contributed by atoms with E-state index in [1.165, 1.54) is 19.2 Å². The lowest BCUT2D eigenvalue weighted by atomic mass is 9.98. The summed E-state index contributed by atoms with van der Waals surface area (Å²) in [6.45, 7) is 5.49. The van der Waals surface area contributed by atoms with Crippen molar-refractivity contribution in [3.05, 3.63) is 23.8 Å². The summed E-state index contributed by atoms with van der Waals surface area (Å²) < 4.78 is 32.6. The highest BCUT2D eigenvalue weighted by molar-refractivity contribution is 7.89. The van der Waals surface area contributed by atoms with Gasteiger partial charge in [0.05, 0.1) is 18.6 Å². The van der Waals surface area contributed by atoms with Crippen LogP contribution in [0.25, 0.3) is 0 Å². The Kier molecular flexibility index (Phi) is 5.56. The second-order valence-corrected chi connectivity index (χ2v) is 6.69. The smallest absolute Gasteiger partial charge is 0.241 e. The third-order valence-corrected chi connectivity index (χ3v) is 5.31. The molecule has 0 aromatic heterocycles. The zero-order chi connectivity index (χ0) is 15.4. The normalized spacial score (nSPS) is 12.4. The molecule has 0 radical (unpaired) electrons. The van der Waals surface area contributed by atoms with Crippen molar-refractivity contribution < 1.29 is 18.3 Å². The predicted octanol–water partition coefficient (Wildman–Crippen LogP) is 2.04. The van der Waals surface area contributed by atoms with E-state index in [1.807, 2.05) is 20.8 Å². The van der Waals surface area contributed by atoms with E-state index < -0.39 is 15.6 Å². The van der Waals surface area contributed by atoms with Crippen LogP contribution in [-0.2, 0) is 16.6 Å². The molecule has 1 rings (SSSR count). The summed E-state index contributed by atoms with van der Waals surface area (Å²) in [5, 5.41) is 9.27. The van der Waals surface area contributed by atoms with Gasteiger partial charge in [-0.25, -0.2) is 13.1 Å². The highest BCUT2D eigenvalue weighted by Gasteiger charge is 2.27. The minimum atomic E-state index is -3.62. The molecular formula is C14H23NO4S. The standard InChI is InChI=1S/C14H23NO4S/c1-5-14(3,6-2)15-20(17,18)12-7-8-13(19-4)11(9-12)10-16/h7-9,15-16H,5-6,10H2,1-4H3. The van der Waals surface area contributed by atoms with Crippen molar-refractivity contribution in [2.45, 2.75) is 50.7 Å². The van der Waals surface area contributed by atoms with Crippen LogP contribution in [0.4, 0.5) is 0 Å². The quantitative estimate of drug-likeness (QED) is 0.808. The Morgan fingerprint density at radius 1 is 1.30 bits per heavy atom. The number of sulfonamides is 1. The van der Waals surface area contributed by atoms with Crippen LogP contribution in [0.15, 0.2) is 23.1 Å². The first-order valence-electron chi connectivity index (χ1n) is 6.63. The molecule has 1 aromatic carbocycles. The van der Waals surface area contributed by atoms with Gasteiger partial charge >= 0.3 is 0 Å². The van der Waals surface area contributed by atoms with Crippen molar-refractivity contribution in [3.63, 3.8) is 0 Å². The maximum atomic E-state index is 12.4. The molecule has 2 N–H and O–H groups in total. The maximum Gasteiger partial charge on any atom is 0.241 e. The molecule has 0 amide bonds. The van der Waals surface area contributed by atoms with Crippen molar-refractivity contribution in [2.75, 3.05) is 7.11 Å². The minimum Gasteiger partial charge on any atom is -0.496 e. The molecule has 20 heavy (non-hydrogen) atoms. The lowest BCUT2D eigenvalue weighted by molar-refractivity contribution is 0.273. The average molecular weight is 301 g/mol. The SMILES string of the molecule is CCC(C)(CC)NS(=O)(=O)c1ccc(OC)c(CO)c1. The third-order valence-electron chi connectivity index (χ3n) is 3.67. The molecule has 0 atom stereocenters. The monoisotopic (exact) mass is 301 g/mol. The molecule has 0 spiro atoms. The van der Waals surface area contributed by atoms with Gasteiger partial charge in [-0.05, 0) is 38.0 Å². The van der Waals surface area contributed by atoms with E-state index in [9.17, 15) is 13.5 Å². The van der Waals surface area contributed by atoms with Gasteiger partial charge in [0.1, 0.15) is 5.75 Å². The van der Waals surface area contributed by atoms with Crippen LogP contribution < -0.4 is 9.46 Å². The van der Waals surface area contributed by atoms with E-state index in [0.29, 0.717) is 24.2 Å². The maximum absolute atomic E-state index is 12.4. The first-order valence-corrected chi connectivity index (χ1v) is 8.12. The van der Waals surface area contributed by atoms with Gasteiger partial charge in [0.15, 0.2) is 0 Å². The van der Waals surface area contributed by atoms with Gasteiger partial charge in [-0.3, -0.25) is 0 Å². The van der Waals surface area contributed by atoms with E-state index in [2.05, 4.69) is 4.72 Å². The van der Waals surface area contributed by atoms with Crippen LogP contribution in [0.3, 0.4) is 0 Å². The van der Waals surface area contributed by atoms with Crippen LogP contribution in [0, 0.1) is 0 Å². The van der Waals surface area contributed by atoms with Gasteiger partial charge < -0.3 is 9.84 Å². The Morgan fingerprint density at radius 3 is 2.35 bits per heavy atom. The van der Waals surface area contributed by atoms with Crippen LogP contribution in [-0.4, -0.2) is 26.2 Å². The Bertz CT molecular complexity index is 550. The van der Waals surface area contributed by atoms with Gasteiger partial charge in [0, 0.05) is 11.1 Å². The second kappa shape index (κ2) is 6.56. The molecule has 5 nitrogen and oxygen atoms in total. The molecule has 0 fully saturated rings. The molecule has 6 heteroatoms. The average Bonchev–Trinajstić information content (AvgIpc) is 2.45. The second-order valence-electron chi connectivity index (χ2n) is 5.01. The van der Waals surface area contributed by atoms with Gasteiger partial charge in [-0.2, -0.15) is 0 Å². The van der Waals surface area contributed by atoms with Gasteiger partial charge in [-0.15, -0.1) is 0 Å². The molecular weight excluding hydrogens is 278 g/mol. The largest absolute Gasteiger partial charge is 0.496 e. The topological polar surface area (TPSA) is 75.6 Å². The van der Waals surface area contributed by atoms with Gasteiger partial charge in [0.25, 0.3) is 0 Å². The summed E-state index contributed by atoms with van der Waals surface area (Å²) >= 11 is 0. The Morgan fingerprint density at radius 2 is 1.90 bits per heavy atom. The summed E-state index contributed by atoms with van der Waals surface area (Å²) in [4.78, 5) is 0.135. The molecule has 0 unspecified atom stereocenters. The van der Waals surface area contributed by atoms with Crippen LogP contribution in [0.5, 0.6) is 5.75 Å². The molecule has 0 saturated heterocycles. The zero-order valence-corrected chi connectivity index (χ0v) is 13.3. The van der Waals surface area contributed by atoms with E-state index >= 15 is 0 Å². The molecule has 0 saturated carbocycles. The molecule has 1 aromatic rings. The van der Waals surface area contributed by atoms with Crippen molar-refractivity contribution in [1.29, 1.82) is 0 Å². The molecule has 114 valence electrons. The van der Waals surface area contributed by atoms with Crippen molar-refractivity contribution in [3.8, 4) is 5.75 Å². The number of aliphatic hydroxyl groups excluding tert-OH is 1. The fraction of sp³-hybridized carbons (Fsp3) is 0.571. The lowest BCUT2D eigenvalue weighted by Crippen LogP contribution is -2.44. The van der Waals surface area contributed by atoms with E-state index in [4.69, 9.17) is 4.74 Å². The fourth-order valence-electron chi connectivity index (χ4n) is 1.82. The minimum absolute atomic E-state index is 0.135. The zero-order valence-electron chi connectivity index (χ0n) is 12.4. The van der Waals surface area contributed by atoms with Gasteiger partial charge in [0.2, 0.25) is 10.0 Å². The number of hydrogen-bond donors (Lipinski definition) is 2. The number of aliphatic hydroxyl groups is 1. The first-order chi connectivity index (χ1) is 9.31. The third kappa shape index (κ3) is 3.71. The highest BCUT2D eigenvalue weighted by atomic mass is 32.2. The number of hydrogen-bond acceptors (Lipinski definition) is 4. The van der Waals surface area contributed by atoms with Crippen LogP contribution in [0.1, 0.15) is 39.2 Å². The summed E-state index contributed by atoms with van der Waals surface area (Å²) in [6.07, 6.45) is 1.40. The first kappa shape index (κ1) is 16.9. The molecule has 0 bridgehead atoms. The Labute approximate surface area is 121 Å². The van der Waals surface area contributed by atoms with E-state index in [1.54, 1.807) is 6.07 Å². The molecule has 0 aliphatic carbocycles. The van der Waals surface area contributed by atoms with Crippen molar-refractivity contribution in [2.24, 2.45) is 0 Å². The summed E-state index contributed by atoms with van der Waals surface area (Å²) in [5.74, 6) is 0.472. The number of benzene rings is 1. The van der Waals surface area contributed by atoms with Crippen LogP contribution in [0.2, 0.25) is 0 Å². The van der Waals surface area contributed by atoms with Crippen molar-refractivity contribution in [1.82, 2.24) is 4.72 Å². The molecule has 0 aliphatic rings. The Hall–Kier alpha value is -1.11. The number of nitrogens with one attached hydrogen (secondary N) is 1. The highest BCUT2D eigenvalue weighted by Crippen LogP contribution is 2.24. The van der Waals surface area contributed by atoms with Gasteiger partial charge in [-0.1, -0.05) is 13.8 Å². The fourth-order valence-corrected chi connectivity index (χ4v) is 3.42. The summed E-state index contributed by atoms with van der Waals surface area (Å²) in [6, 6.07) is 4.47. The summed E-state index contributed by atoms with van der Waals surface area (Å²) in [5.41, 5.74) is -0.0249. The lowest BCUT2D eigenvalue weighted by Gasteiger charge is -2.27. The number of methoxy groups -OCH3 is 1. The number of rotatable bonds is 7. The summed E-state index contributed by atoms with van der Waals surface area (Å²) in [7, 11) is -2.14. The van der Waals surface area contributed by atoms with Crippen molar-refractivity contribution >= 4 is 10.0 Å². The van der Waals surface area contributed by atoms with E-state index in [0.717, 1.165) is 0 Å². The Balaban J connectivity index is 3.16. The van der Waals surface area contributed by atoms with E-state index in [-0.39, 0.29) is 11.5 Å². The molecule has 0 heterocycles. The van der Waals surface area contributed by atoms with Crippen LogP contribution >= 0.6 is 0 Å². The molecule has 0 aliphatic heterocycles. The predicted molar refractivity (Wildman–Crippen MR) is 78.2 cm³/mol.